The van der Waals surface area contributed by atoms with Crippen molar-refractivity contribution in [2.45, 2.75) is 23.8 Å². The minimum Gasteiger partial charge on any atom is -0.497 e. The van der Waals surface area contributed by atoms with E-state index in [0.717, 1.165) is 0 Å². The van der Waals surface area contributed by atoms with Gasteiger partial charge in [0.05, 0.1) is 25.2 Å². The van der Waals surface area contributed by atoms with Gasteiger partial charge in [-0.25, -0.2) is 8.42 Å². The van der Waals surface area contributed by atoms with Gasteiger partial charge in [-0.15, -0.1) is 0 Å². The second-order valence-electron chi connectivity index (χ2n) is 6.12. The Hall–Kier alpha value is -2.01. The second kappa shape index (κ2) is 8.79. The third-order valence-corrected chi connectivity index (χ3v) is 6.23. The first-order valence-corrected chi connectivity index (χ1v) is 10.0. The maximum Gasteiger partial charge on any atom is 0.252 e. The summed E-state index contributed by atoms with van der Waals surface area (Å²) < 4.78 is 47.6. The van der Waals surface area contributed by atoms with E-state index in [9.17, 15) is 8.42 Å². The minimum atomic E-state index is -3.57. The number of aromatic nitrogens is 2. The molecule has 1 atom stereocenters. The van der Waals surface area contributed by atoms with Crippen LogP contribution in [0.15, 0.2) is 33.7 Å². The van der Waals surface area contributed by atoms with E-state index < -0.39 is 10.0 Å². The summed E-state index contributed by atoms with van der Waals surface area (Å²) in [6.45, 7) is 1.86. The lowest BCUT2D eigenvalue weighted by molar-refractivity contribution is 0.0494. The van der Waals surface area contributed by atoms with Crippen molar-refractivity contribution >= 4 is 10.0 Å². The third kappa shape index (κ3) is 4.64. The van der Waals surface area contributed by atoms with Crippen molar-refractivity contribution in [2.24, 2.45) is 0 Å². The Kier molecular flexibility index (Phi) is 6.42. The van der Waals surface area contributed by atoms with Crippen LogP contribution in [0.5, 0.6) is 5.75 Å². The first kappa shape index (κ1) is 19.7. The van der Waals surface area contributed by atoms with Gasteiger partial charge in [0.1, 0.15) is 12.4 Å². The minimum absolute atomic E-state index is 0.102. The van der Waals surface area contributed by atoms with Crippen LogP contribution in [0.4, 0.5) is 0 Å². The quantitative estimate of drug-likeness (QED) is 0.585. The SMILES string of the molecule is COCCOCc1nc(C2CCN(S(=O)(=O)c3ccc(OC)cc3)C2)no1. The molecule has 1 aliphatic heterocycles. The highest BCUT2D eigenvalue weighted by atomic mass is 32.2. The van der Waals surface area contributed by atoms with Crippen LogP contribution in [0.25, 0.3) is 0 Å². The van der Waals surface area contributed by atoms with Crippen LogP contribution >= 0.6 is 0 Å². The molecular weight excluding hydrogens is 374 g/mol. The van der Waals surface area contributed by atoms with Gasteiger partial charge < -0.3 is 18.7 Å². The molecule has 0 saturated carbocycles. The van der Waals surface area contributed by atoms with E-state index >= 15 is 0 Å². The van der Waals surface area contributed by atoms with Crippen molar-refractivity contribution in [1.82, 2.24) is 14.4 Å². The molecule has 0 N–H and O–H groups in total. The Bertz CT molecular complexity index is 837. The van der Waals surface area contributed by atoms with Gasteiger partial charge in [-0.05, 0) is 30.7 Å². The summed E-state index contributed by atoms with van der Waals surface area (Å²) >= 11 is 0. The Balaban J connectivity index is 1.61. The molecule has 0 bridgehead atoms. The number of rotatable bonds is 9. The zero-order valence-corrected chi connectivity index (χ0v) is 16.1. The van der Waals surface area contributed by atoms with Crippen LogP contribution < -0.4 is 4.74 Å². The Morgan fingerprint density at radius 2 is 2.00 bits per heavy atom. The van der Waals surface area contributed by atoms with Gasteiger partial charge in [-0.2, -0.15) is 9.29 Å². The summed E-state index contributed by atoms with van der Waals surface area (Å²) in [6.07, 6.45) is 0.638. The number of sulfonamides is 1. The van der Waals surface area contributed by atoms with Crippen LogP contribution in [0.2, 0.25) is 0 Å². The highest BCUT2D eigenvalue weighted by Crippen LogP contribution is 2.30. The molecule has 27 heavy (non-hydrogen) atoms. The molecule has 0 radical (unpaired) electrons. The van der Waals surface area contributed by atoms with Crippen molar-refractivity contribution in [2.75, 3.05) is 40.5 Å². The van der Waals surface area contributed by atoms with Gasteiger partial charge in [0.15, 0.2) is 5.82 Å². The molecule has 0 amide bonds. The van der Waals surface area contributed by atoms with Crippen LogP contribution in [0.1, 0.15) is 24.1 Å². The topological polar surface area (TPSA) is 104 Å². The van der Waals surface area contributed by atoms with Gasteiger partial charge in [0.2, 0.25) is 10.0 Å². The van der Waals surface area contributed by atoms with Gasteiger partial charge in [-0.3, -0.25) is 0 Å². The monoisotopic (exact) mass is 397 g/mol. The molecule has 1 aromatic heterocycles. The van der Waals surface area contributed by atoms with E-state index in [1.165, 1.54) is 11.4 Å². The molecule has 1 aromatic carbocycles. The van der Waals surface area contributed by atoms with Crippen molar-refractivity contribution in [3.8, 4) is 5.75 Å². The fourth-order valence-electron chi connectivity index (χ4n) is 2.85. The van der Waals surface area contributed by atoms with Crippen molar-refractivity contribution in [1.29, 1.82) is 0 Å². The van der Waals surface area contributed by atoms with Gasteiger partial charge in [-0.1, -0.05) is 5.16 Å². The highest BCUT2D eigenvalue weighted by molar-refractivity contribution is 7.89. The standard InChI is InChI=1S/C17H23N3O6S/c1-23-9-10-25-12-16-18-17(19-26-16)13-7-8-20(11-13)27(21,22)15-5-3-14(24-2)4-6-15/h3-6,13H,7-12H2,1-2H3. The van der Waals surface area contributed by atoms with Crippen LogP contribution in [0, 0.1) is 0 Å². The molecule has 1 aliphatic rings. The van der Waals surface area contributed by atoms with Crippen molar-refractivity contribution < 1.29 is 27.2 Å². The summed E-state index contributed by atoms with van der Waals surface area (Å²) in [5, 5.41) is 3.97. The first-order valence-electron chi connectivity index (χ1n) is 8.58. The highest BCUT2D eigenvalue weighted by Gasteiger charge is 2.35. The maximum absolute atomic E-state index is 12.8. The summed E-state index contributed by atoms with van der Waals surface area (Å²) in [5.41, 5.74) is 0. The predicted octanol–water partition coefficient (Wildman–Crippen LogP) is 1.42. The fourth-order valence-corrected chi connectivity index (χ4v) is 4.35. The molecule has 2 heterocycles. The first-order chi connectivity index (χ1) is 13.0. The van der Waals surface area contributed by atoms with Crippen LogP contribution in [0.3, 0.4) is 0 Å². The molecule has 1 fully saturated rings. The number of methoxy groups -OCH3 is 2. The number of hydrogen-bond donors (Lipinski definition) is 0. The summed E-state index contributed by atoms with van der Waals surface area (Å²) in [5.74, 6) is 1.39. The summed E-state index contributed by atoms with van der Waals surface area (Å²) in [4.78, 5) is 4.56. The van der Waals surface area contributed by atoms with Crippen LogP contribution in [-0.2, 0) is 26.1 Å². The lowest BCUT2D eigenvalue weighted by Gasteiger charge is -2.16. The van der Waals surface area contributed by atoms with E-state index in [1.807, 2.05) is 0 Å². The van der Waals surface area contributed by atoms with E-state index in [2.05, 4.69) is 10.1 Å². The summed E-state index contributed by atoms with van der Waals surface area (Å²) in [7, 11) is -0.430. The number of nitrogens with zero attached hydrogens (tertiary/aromatic N) is 3. The predicted molar refractivity (Wildman–Crippen MR) is 94.9 cm³/mol. The molecule has 0 spiro atoms. The van der Waals surface area contributed by atoms with E-state index in [-0.39, 0.29) is 17.4 Å². The molecule has 1 unspecified atom stereocenters. The molecule has 148 valence electrons. The van der Waals surface area contributed by atoms with Crippen LogP contribution in [-0.4, -0.2) is 63.4 Å². The third-order valence-electron chi connectivity index (χ3n) is 4.35. The number of benzene rings is 1. The molecule has 10 heteroatoms. The smallest absolute Gasteiger partial charge is 0.252 e. The lowest BCUT2D eigenvalue weighted by atomic mass is 10.1. The molecule has 0 aliphatic carbocycles. The van der Waals surface area contributed by atoms with E-state index in [1.54, 1.807) is 31.4 Å². The number of hydrogen-bond acceptors (Lipinski definition) is 8. The molecule has 1 saturated heterocycles. The largest absolute Gasteiger partial charge is 0.497 e. The number of ether oxygens (including phenoxy) is 3. The Morgan fingerprint density at radius 3 is 2.70 bits per heavy atom. The molecular formula is C17H23N3O6S. The van der Waals surface area contributed by atoms with Gasteiger partial charge >= 0.3 is 0 Å². The fraction of sp³-hybridized carbons (Fsp3) is 0.529. The Morgan fingerprint density at radius 1 is 1.22 bits per heavy atom. The molecule has 3 rings (SSSR count). The average molecular weight is 397 g/mol. The van der Waals surface area contributed by atoms with Crippen molar-refractivity contribution in [3.05, 3.63) is 36.0 Å². The average Bonchev–Trinajstić information content (AvgIpc) is 3.35. The zero-order valence-electron chi connectivity index (χ0n) is 15.3. The Labute approximate surface area is 158 Å². The van der Waals surface area contributed by atoms with Gasteiger partial charge in [0.25, 0.3) is 5.89 Å². The normalized spacial score (nSPS) is 18.1. The van der Waals surface area contributed by atoms with Gasteiger partial charge in [0, 0.05) is 26.1 Å². The lowest BCUT2D eigenvalue weighted by Crippen LogP contribution is -2.28. The van der Waals surface area contributed by atoms with E-state index in [4.69, 9.17) is 18.7 Å². The van der Waals surface area contributed by atoms with E-state index in [0.29, 0.717) is 50.2 Å². The second-order valence-corrected chi connectivity index (χ2v) is 8.05. The van der Waals surface area contributed by atoms with Crippen molar-refractivity contribution in [3.63, 3.8) is 0 Å². The maximum atomic E-state index is 12.8. The summed E-state index contributed by atoms with van der Waals surface area (Å²) in [6, 6.07) is 6.36. The molecule has 2 aromatic rings. The zero-order chi connectivity index (χ0) is 19.3. The molecule has 9 nitrogen and oxygen atoms in total.